The number of aromatic nitrogens is 3. The third kappa shape index (κ3) is 2.57. The van der Waals surface area contributed by atoms with Gasteiger partial charge in [0.2, 0.25) is 0 Å². The Labute approximate surface area is 137 Å². The van der Waals surface area contributed by atoms with Crippen molar-refractivity contribution in [1.29, 1.82) is 0 Å². The van der Waals surface area contributed by atoms with Crippen LogP contribution < -0.4 is 4.90 Å². The Morgan fingerprint density at radius 1 is 1.13 bits per heavy atom. The lowest BCUT2D eigenvalue weighted by molar-refractivity contribution is 0.0874. The molecule has 0 N–H and O–H groups in total. The molecular formula is C18H25N5. The van der Waals surface area contributed by atoms with Gasteiger partial charge in [-0.3, -0.25) is 4.90 Å². The van der Waals surface area contributed by atoms with Crippen molar-refractivity contribution in [3.05, 3.63) is 23.7 Å². The van der Waals surface area contributed by atoms with Gasteiger partial charge < -0.3 is 4.90 Å². The van der Waals surface area contributed by atoms with Crippen molar-refractivity contribution in [2.75, 3.05) is 24.5 Å². The van der Waals surface area contributed by atoms with Gasteiger partial charge in [-0.2, -0.15) is 0 Å². The molecule has 4 heterocycles. The fourth-order valence-electron chi connectivity index (χ4n) is 4.13. The Morgan fingerprint density at radius 3 is 2.74 bits per heavy atom. The van der Waals surface area contributed by atoms with Crippen LogP contribution in [0.25, 0.3) is 11.0 Å². The van der Waals surface area contributed by atoms with Gasteiger partial charge in [-0.1, -0.05) is 6.42 Å². The third-order valence-electron chi connectivity index (χ3n) is 5.39. The highest BCUT2D eigenvalue weighted by atomic mass is 15.3. The quantitative estimate of drug-likeness (QED) is 0.853. The lowest BCUT2D eigenvalue weighted by atomic mass is 9.97. The number of hydrogen-bond acceptors (Lipinski definition) is 5. The molecule has 0 amide bonds. The predicted octanol–water partition coefficient (Wildman–Crippen LogP) is 2.70. The molecule has 5 heteroatoms. The van der Waals surface area contributed by atoms with Crippen molar-refractivity contribution in [1.82, 2.24) is 19.9 Å². The van der Waals surface area contributed by atoms with Gasteiger partial charge in [-0.05, 0) is 51.8 Å². The zero-order valence-electron chi connectivity index (χ0n) is 14.3. The van der Waals surface area contributed by atoms with Crippen LogP contribution in [0.3, 0.4) is 0 Å². The number of pyridine rings is 1. The van der Waals surface area contributed by atoms with E-state index in [9.17, 15) is 0 Å². The van der Waals surface area contributed by atoms with Crippen molar-refractivity contribution < 1.29 is 0 Å². The standard InChI is InChI=1S/C18H25N5/c1-12-8-13(2)21-17-16(12)18(20-11-19-17)22-9-15(10-22)23-7-5-4-6-14(23)3/h8,11,14-15H,4-7,9-10H2,1-3H3/t14-/m1/s1. The molecule has 0 aromatic carbocycles. The summed E-state index contributed by atoms with van der Waals surface area (Å²) in [6.07, 6.45) is 5.73. The molecule has 2 aliphatic heterocycles. The largest absolute Gasteiger partial charge is 0.353 e. The first kappa shape index (κ1) is 14.8. The smallest absolute Gasteiger partial charge is 0.165 e. The minimum Gasteiger partial charge on any atom is -0.353 e. The third-order valence-corrected chi connectivity index (χ3v) is 5.39. The first-order valence-corrected chi connectivity index (χ1v) is 8.73. The van der Waals surface area contributed by atoms with Crippen LogP contribution in [0, 0.1) is 13.8 Å². The molecule has 5 nitrogen and oxygen atoms in total. The van der Waals surface area contributed by atoms with E-state index in [-0.39, 0.29) is 0 Å². The van der Waals surface area contributed by atoms with E-state index in [1.165, 1.54) is 31.4 Å². The van der Waals surface area contributed by atoms with Crippen LogP contribution >= 0.6 is 0 Å². The first-order chi connectivity index (χ1) is 11.1. The minimum atomic E-state index is 0.675. The average molecular weight is 311 g/mol. The Morgan fingerprint density at radius 2 is 1.96 bits per heavy atom. The second-order valence-electron chi connectivity index (χ2n) is 7.12. The van der Waals surface area contributed by atoms with Gasteiger partial charge >= 0.3 is 0 Å². The summed E-state index contributed by atoms with van der Waals surface area (Å²) in [5.41, 5.74) is 3.06. The van der Waals surface area contributed by atoms with E-state index >= 15 is 0 Å². The minimum absolute atomic E-state index is 0.675. The fraction of sp³-hybridized carbons (Fsp3) is 0.611. The van der Waals surface area contributed by atoms with E-state index in [0.29, 0.717) is 6.04 Å². The molecule has 0 bridgehead atoms. The van der Waals surface area contributed by atoms with Crippen molar-refractivity contribution in [2.24, 2.45) is 0 Å². The molecule has 2 aromatic heterocycles. The van der Waals surface area contributed by atoms with Gasteiger partial charge in [0.05, 0.1) is 5.39 Å². The zero-order chi connectivity index (χ0) is 16.0. The van der Waals surface area contributed by atoms with Crippen molar-refractivity contribution >= 4 is 16.9 Å². The predicted molar refractivity (Wildman–Crippen MR) is 92.8 cm³/mol. The first-order valence-electron chi connectivity index (χ1n) is 8.73. The zero-order valence-corrected chi connectivity index (χ0v) is 14.3. The highest BCUT2D eigenvalue weighted by molar-refractivity contribution is 5.90. The van der Waals surface area contributed by atoms with E-state index in [0.717, 1.165) is 41.7 Å². The van der Waals surface area contributed by atoms with Gasteiger partial charge in [0, 0.05) is 30.9 Å². The number of piperidine rings is 1. The van der Waals surface area contributed by atoms with E-state index in [4.69, 9.17) is 0 Å². The summed E-state index contributed by atoms with van der Waals surface area (Å²) in [4.78, 5) is 18.6. The molecule has 0 saturated carbocycles. The molecule has 2 fully saturated rings. The molecule has 2 saturated heterocycles. The highest BCUT2D eigenvalue weighted by Gasteiger charge is 2.36. The molecular weight excluding hydrogens is 286 g/mol. The van der Waals surface area contributed by atoms with Crippen LogP contribution in [-0.4, -0.2) is 51.6 Å². The number of fused-ring (bicyclic) bond motifs is 1. The Bertz CT molecular complexity index is 723. The molecule has 0 radical (unpaired) electrons. The summed E-state index contributed by atoms with van der Waals surface area (Å²) in [5.74, 6) is 1.06. The molecule has 0 aliphatic carbocycles. The molecule has 0 spiro atoms. The SMILES string of the molecule is Cc1cc(C)c2c(N3CC(N4CCCC[C@H]4C)C3)ncnc2n1. The van der Waals surface area contributed by atoms with Crippen LogP contribution in [0.4, 0.5) is 5.82 Å². The molecule has 4 rings (SSSR count). The number of rotatable bonds is 2. The van der Waals surface area contributed by atoms with Crippen LogP contribution in [0.2, 0.25) is 0 Å². The summed E-state index contributed by atoms with van der Waals surface area (Å²) in [6, 6.07) is 3.53. The lowest BCUT2D eigenvalue weighted by Crippen LogP contribution is -2.62. The summed E-state index contributed by atoms with van der Waals surface area (Å²) < 4.78 is 0. The monoisotopic (exact) mass is 311 g/mol. The second kappa shape index (κ2) is 5.71. The van der Waals surface area contributed by atoms with E-state index < -0.39 is 0 Å². The van der Waals surface area contributed by atoms with Crippen LogP contribution in [0.15, 0.2) is 12.4 Å². The molecule has 1 atom stereocenters. The molecule has 23 heavy (non-hydrogen) atoms. The molecule has 2 aromatic rings. The molecule has 0 unspecified atom stereocenters. The van der Waals surface area contributed by atoms with Gasteiger partial charge in [0.15, 0.2) is 5.65 Å². The maximum absolute atomic E-state index is 4.57. The van der Waals surface area contributed by atoms with E-state index in [1.54, 1.807) is 6.33 Å². The fourth-order valence-corrected chi connectivity index (χ4v) is 4.13. The number of anilines is 1. The second-order valence-corrected chi connectivity index (χ2v) is 7.12. The maximum Gasteiger partial charge on any atom is 0.165 e. The summed E-state index contributed by atoms with van der Waals surface area (Å²) >= 11 is 0. The maximum atomic E-state index is 4.57. The summed E-state index contributed by atoms with van der Waals surface area (Å²) in [5, 5.41) is 1.11. The highest BCUT2D eigenvalue weighted by Crippen LogP contribution is 2.32. The summed E-state index contributed by atoms with van der Waals surface area (Å²) in [6.45, 7) is 9.93. The number of hydrogen-bond donors (Lipinski definition) is 0. The van der Waals surface area contributed by atoms with Gasteiger partial charge in [0.25, 0.3) is 0 Å². The van der Waals surface area contributed by atoms with Crippen molar-refractivity contribution in [2.45, 2.75) is 52.1 Å². The van der Waals surface area contributed by atoms with E-state index in [2.05, 4.69) is 44.7 Å². The van der Waals surface area contributed by atoms with Gasteiger partial charge in [-0.25, -0.2) is 15.0 Å². The van der Waals surface area contributed by atoms with Crippen LogP contribution in [0.5, 0.6) is 0 Å². The summed E-state index contributed by atoms with van der Waals surface area (Å²) in [7, 11) is 0. The average Bonchev–Trinajstić information content (AvgIpc) is 2.47. The van der Waals surface area contributed by atoms with Gasteiger partial charge in [0.1, 0.15) is 12.1 Å². The van der Waals surface area contributed by atoms with Crippen LogP contribution in [0.1, 0.15) is 37.4 Å². The van der Waals surface area contributed by atoms with Crippen LogP contribution in [-0.2, 0) is 0 Å². The molecule has 122 valence electrons. The Kier molecular flexibility index (Phi) is 3.68. The topological polar surface area (TPSA) is 45.2 Å². The Hall–Kier alpha value is -1.75. The Balaban J connectivity index is 1.58. The van der Waals surface area contributed by atoms with Gasteiger partial charge in [-0.15, -0.1) is 0 Å². The normalized spacial score (nSPS) is 23.3. The van der Waals surface area contributed by atoms with E-state index in [1.807, 2.05) is 6.92 Å². The molecule has 2 aliphatic rings. The van der Waals surface area contributed by atoms with Crippen molar-refractivity contribution in [3.63, 3.8) is 0 Å². The number of likely N-dealkylation sites (tertiary alicyclic amines) is 1. The number of nitrogens with zero attached hydrogens (tertiary/aromatic N) is 5. The lowest BCUT2D eigenvalue weighted by Gasteiger charge is -2.49. The van der Waals surface area contributed by atoms with Crippen molar-refractivity contribution in [3.8, 4) is 0 Å². The number of aryl methyl sites for hydroxylation is 2.